The van der Waals surface area contributed by atoms with Gasteiger partial charge >= 0.3 is 0 Å². The maximum absolute atomic E-state index is 10.4. The third-order valence-corrected chi connectivity index (χ3v) is 4.63. The number of furan rings is 1. The van der Waals surface area contributed by atoms with Gasteiger partial charge in [0.25, 0.3) is 0 Å². The highest BCUT2D eigenvalue weighted by atomic mass is 79.9. The Balaban J connectivity index is 1.96. The fourth-order valence-corrected chi connectivity index (χ4v) is 3.27. The lowest BCUT2D eigenvalue weighted by molar-refractivity contribution is 0.0386. The number of aliphatic imine (C=N–C) groups is 1. The molecule has 0 saturated heterocycles. The molecular weight excluding hydrogens is 366 g/mol. The molecular formula is C15H20BrN3O2S. The Hall–Kier alpha value is -1.31. The Bertz CT molecular complexity index is 608. The third kappa shape index (κ3) is 4.86. The summed E-state index contributed by atoms with van der Waals surface area (Å²) < 4.78 is 6.36. The van der Waals surface area contributed by atoms with Gasteiger partial charge in [0.05, 0.1) is 23.1 Å². The number of hydrogen-bond donors (Lipinski definition) is 3. The molecule has 0 aliphatic rings. The molecule has 2 rings (SSSR count). The van der Waals surface area contributed by atoms with E-state index in [-0.39, 0.29) is 0 Å². The Morgan fingerprint density at radius 3 is 2.82 bits per heavy atom. The highest BCUT2D eigenvalue weighted by Gasteiger charge is 2.26. The van der Waals surface area contributed by atoms with Crippen molar-refractivity contribution in [1.82, 2.24) is 10.6 Å². The Morgan fingerprint density at radius 1 is 1.41 bits per heavy atom. The normalized spacial score (nSPS) is 14.6. The second-order valence-corrected chi connectivity index (χ2v) is 7.55. The largest absolute Gasteiger partial charge is 0.466 e. The van der Waals surface area contributed by atoms with Crippen LogP contribution >= 0.6 is 27.3 Å². The van der Waals surface area contributed by atoms with E-state index in [0.29, 0.717) is 24.8 Å². The quantitative estimate of drug-likeness (QED) is 0.527. The molecule has 0 saturated carbocycles. The number of thiophene rings is 1. The van der Waals surface area contributed by atoms with Crippen LogP contribution in [0.4, 0.5) is 0 Å². The lowest BCUT2D eigenvalue weighted by Gasteiger charge is -2.22. The van der Waals surface area contributed by atoms with Crippen LogP contribution in [-0.2, 0) is 12.1 Å². The van der Waals surface area contributed by atoms with Gasteiger partial charge in [-0.15, -0.1) is 11.3 Å². The summed E-state index contributed by atoms with van der Waals surface area (Å²) in [6.07, 6.45) is 1.55. The highest BCUT2D eigenvalue weighted by Crippen LogP contribution is 2.22. The Morgan fingerprint density at radius 2 is 2.23 bits per heavy atom. The number of aliphatic hydroxyl groups is 1. The fraction of sp³-hybridized carbons (Fsp3) is 0.400. The van der Waals surface area contributed by atoms with Crippen LogP contribution in [0.1, 0.15) is 24.5 Å². The van der Waals surface area contributed by atoms with Gasteiger partial charge in [0.15, 0.2) is 5.96 Å². The first-order chi connectivity index (χ1) is 10.5. The van der Waals surface area contributed by atoms with Gasteiger partial charge in [-0.25, -0.2) is 4.99 Å². The average molecular weight is 386 g/mol. The lowest BCUT2D eigenvalue weighted by Crippen LogP contribution is -2.44. The van der Waals surface area contributed by atoms with Gasteiger partial charge in [-0.3, -0.25) is 0 Å². The highest BCUT2D eigenvalue weighted by molar-refractivity contribution is 9.11. The first-order valence-electron chi connectivity index (χ1n) is 7.04. The van der Waals surface area contributed by atoms with Crippen molar-refractivity contribution in [3.8, 4) is 0 Å². The second kappa shape index (κ2) is 7.80. The lowest BCUT2D eigenvalue weighted by atomic mass is 10.0. The van der Waals surface area contributed by atoms with Crippen molar-refractivity contribution in [1.29, 1.82) is 0 Å². The van der Waals surface area contributed by atoms with Crippen molar-refractivity contribution in [3.63, 3.8) is 0 Å². The van der Waals surface area contributed by atoms with E-state index in [2.05, 4.69) is 31.6 Å². The second-order valence-electron chi connectivity index (χ2n) is 5.01. The first kappa shape index (κ1) is 17.1. The Labute approximate surface area is 142 Å². The minimum absolute atomic E-state index is 0.306. The van der Waals surface area contributed by atoms with Crippen molar-refractivity contribution >= 4 is 33.2 Å². The topological polar surface area (TPSA) is 69.8 Å². The summed E-state index contributed by atoms with van der Waals surface area (Å²) in [5.41, 5.74) is -1.09. The SMILES string of the molecule is CCNC(=NCc1ccc(Br)s1)NCC(C)(O)c1ccco1. The van der Waals surface area contributed by atoms with E-state index >= 15 is 0 Å². The maximum Gasteiger partial charge on any atom is 0.191 e. The van der Waals surface area contributed by atoms with E-state index in [4.69, 9.17) is 4.42 Å². The maximum atomic E-state index is 10.4. The molecule has 2 aromatic heterocycles. The van der Waals surface area contributed by atoms with Crippen molar-refractivity contribution in [2.24, 2.45) is 4.99 Å². The molecule has 0 fully saturated rings. The molecule has 2 aromatic rings. The molecule has 0 aliphatic carbocycles. The molecule has 120 valence electrons. The summed E-state index contributed by atoms with van der Waals surface area (Å²) in [6, 6.07) is 7.57. The van der Waals surface area contributed by atoms with Crippen LogP contribution in [0.2, 0.25) is 0 Å². The molecule has 22 heavy (non-hydrogen) atoms. The van der Waals surface area contributed by atoms with Gasteiger partial charge in [-0.1, -0.05) is 0 Å². The van der Waals surface area contributed by atoms with E-state index < -0.39 is 5.60 Å². The van der Waals surface area contributed by atoms with Gasteiger partial charge in [0.1, 0.15) is 11.4 Å². The van der Waals surface area contributed by atoms with Crippen LogP contribution in [-0.4, -0.2) is 24.2 Å². The van der Waals surface area contributed by atoms with E-state index in [1.807, 2.05) is 19.1 Å². The fourth-order valence-electron chi connectivity index (χ4n) is 1.86. The average Bonchev–Trinajstić information content (AvgIpc) is 3.13. The summed E-state index contributed by atoms with van der Waals surface area (Å²) in [4.78, 5) is 5.69. The van der Waals surface area contributed by atoms with Crippen molar-refractivity contribution in [2.75, 3.05) is 13.1 Å². The standard InChI is InChI=1S/C15H20BrN3O2S/c1-3-17-14(18-9-11-6-7-13(16)22-11)19-10-15(2,20)12-5-4-8-21-12/h4-8,20H,3,9-10H2,1-2H3,(H2,17,18,19). The molecule has 0 amide bonds. The number of nitrogens with zero attached hydrogens (tertiary/aromatic N) is 1. The number of hydrogen-bond acceptors (Lipinski definition) is 4. The van der Waals surface area contributed by atoms with Crippen LogP contribution in [0.3, 0.4) is 0 Å². The summed E-state index contributed by atoms with van der Waals surface area (Å²) in [7, 11) is 0. The van der Waals surface area contributed by atoms with Crippen molar-refractivity contribution in [3.05, 3.63) is 45.0 Å². The van der Waals surface area contributed by atoms with Crippen LogP contribution in [0, 0.1) is 0 Å². The van der Waals surface area contributed by atoms with Gasteiger partial charge in [-0.05, 0) is 54.0 Å². The van der Waals surface area contributed by atoms with Crippen LogP contribution < -0.4 is 10.6 Å². The summed E-state index contributed by atoms with van der Waals surface area (Å²) in [5.74, 6) is 1.19. The molecule has 7 heteroatoms. The van der Waals surface area contributed by atoms with Gasteiger partial charge in [0.2, 0.25) is 0 Å². The number of halogens is 1. The molecule has 3 N–H and O–H groups in total. The monoisotopic (exact) mass is 385 g/mol. The molecule has 0 aromatic carbocycles. The molecule has 2 heterocycles. The minimum Gasteiger partial charge on any atom is -0.466 e. The van der Waals surface area contributed by atoms with E-state index in [1.54, 1.807) is 36.7 Å². The zero-order valence-electron chi connectivity index (χ0n) is 12.6. The Kier molecular flexibility index (Phi) is 6.05. The zero-order valence-corrected chi connectivity index (χ0v) is 15.0. The minimum atomic E-state index is -1.09. The number of nitrogens with one attached hydrogen (secondary N) is 2. The first-order valence-corrected chi connectivity index (χ1v) is 8.65. The summed E-state index contributed by atoms with van der Waals surface area (Å²) in [5, 5.41) is 16.8. The van der Waals surface area contributed by atoms with E-state index in [0.717, 1.165) is 10.3 Å². The van der Waals surface area contributed by atoms with Gasteiger partial charge in [0, 0.05) is 11.4 Å². The predicted octanol–water partition coefficient (Wildman–Crippen LogP) is 3.07. The summed E-state index contributed by atoms with van der Waals surface area (Å²) >= 11 is 5.10. The molecule has 5 nitrogen and oxygen atoms in total. The summed E-state index contributed by atoms with van der Waals surface area (Å²) in [6.45, 7) is 5.36. The molecule has 1 atom stereocenters. The van der Waals surface area contributed by atoms with Gasteiger partial charge in [-0.2, -0.15) is 0 Å². The zero-order chi connectivity index (χ0) is 16.0. The smallest absolute Gasteiger partial charge is 0.191 e. The van der Waals surface area contributed by atoms with Crippen molar-refractivity contribution in [2.45, 2.75) is 26.0 Å². The van der Waals surface area contributed by atoms with Crippen LogP contribution in [0.5, 0.6) is 0 Å². The van der Waals surface area contributed by atoms with E-state index in [1.165, 1.54) is 4.88 Å². The molecule has 0 radical (unpaired) electrons. The van der Waals surface area contributed by atoms with Gasteiger partial charge < -0.3 is 20.2 Å². The number of guanidine groups is 1. The molecule has 1 unspecified atom stereocenters. The molecule has 0 bridgehead atoms. The molecule has 0 aliphatic heterocycles. The third-order valence-electron chi connectivity index (χ3n) is 3.02. The van der Waals surface area contributed by atoms with E-state index in [9.17, 15) is 5.11 Å². The predicted molar refractivity (Wildman–Crippen MR) is 93.1 cm³/mol. The van der Waals surface area contributed by atoms with Crippen molar-refractivity contribution < 1.29 is 9.52 Å². The molecule has 0 spiro atoms. The number of rotatable bonds is 6. The van der Waals surface area contributed by atoms with Crippen LogP contribution in [0.25, 0.3) is 0 Å². The van der Waals surface area contributed by atoms with Crippen LogP contribution in [0.15, 0.2) is 43.7 Å².